The van der Waals surface area contributed by atoms with Crippen molar-refractivity contribution in [1.82, 2.24) is 20.1 Å². The average molecular weight is 316 g/mol. The number of amides is 1. The summed E-state index contributed by atoms with van der Waals surface area (Å²) in [6.45, 7) is 2.08. The molecule has 0 aliphatic carbocycles. The van der Waals surface area contributed by atoms with Crippen LogP contribution < -0.4 is 5.32 Å². The first-order chi connectivity index (χ1) is 11.0. The number of carboxylic acid groups (broad SMARTS) is 1. The zero-order chi connectivity index (χ0) is 16.4. The quantitative estimate of drug-likeness (QED) is 0.853. The summed E-state index contributed by atoms with van der Waals surface area (Å²) in [5.41, 5.74) is 0.554. The lowest BCUT2D eigenvalue weighted by Gasteiger charge is -2.24. The monoisotopic (exact) mass is 316 g/mol. The van der Waals surface area contributed by atoms with Gasteiger partial charge in [-0.2, -0.15) is 5.10 Å². The number of hydrogen-bond donors (Lipinski definition) is 2. The second kappa shape index (κ2) is 5.81. The molecule has 1 atom stereocenters. The highest BCUT2D eigenvalue weighted by Gasteiger charge is 2.44. The number of hydrogen-bond acceptors (Lipinski definition) is 5. The van der Waals surface area contributed by atoms with Gasteiger partial charge < -0.3 is 15.2 Å². The molecular weight excluding hydrogens is 300 g/mol. The maximum absolute atomic E-state index is 12.5. The lowest BCUT2D eigenvalue weighted by molar-refractivity contribution is -0.144. The van der Waals surface area contributed by atoms with Gasteiger partial charge in [-0.15, -0.1) is 0 Å². The number of ether oxygens (including phenoxy) is 1. The zero-order valence-electron chi connectivity index (χ0n) is 12.5. The second-order valence-electron chi connectivity index (χ2n) is 5.48. The van der Waals surface area contributed by atoms with Gasteiger partial charge in [0.1, 0.15) is 12.7 Å². The van der Waals surface area contributed by atoms with Gasteiger partial charge in [0, 0.05) is 18.6 Å². The third-order valence-corrected chi connectivity index (χ3v) is 3.92. The highest BCUT2D eigenvalue weighted by atomic mass is 16.5. The van der Waals surface area contributed by atoms with Crippen LogP contribution >= 0.6 is 0 Å². The van der Waals surface area contributed by atoms with Crippen LogP contribution in [0.4, 0.5) is 0 Å². The van der Waals surface area contributed by atoms with Gasteiger partial charge in [0.15, 0.2) is 5.54 Å². The topological polar surface area (TPSA) is 106 Å². The molecule has 2 N–H and O–H groups in total. The Morgan fingerprint density at radius 2 is 2.26 bits per heavy atom. The molecule has 8 heteroatoms. The number of carbonyl (C=O) groups excluding carboxylic acids is 1. The molecule has 3 rings (SSSR count). The molecule has 0 saturated carbocycles. The zero-order valence-corrected chi connectivity index (χ0v) is 12.5. The Labute approximate surface area is 132 Å². The minimum Gasteiger partial charge on any atom is -0.479 e. The Hall–Kier alpha value is -2.74. The van der Waals surface area contributed by atoms with Crippen molar-refractivity contribution in [2.45, 2.75) is 18.9 Å². The van der Waals surface area contributed by atoms with Crippen molar-refractivity contribution in [1.29, 1.82) is 0 Å². The molecule has 1 aromatic heterocycles. The van der Waals surface area contributed by atoms with Crippen molar-refractivity contribution >= 4 is 11.9 Å². The molecule has 1 saturated heterocycles. The van der Waals surface area contributed by atoms with Crippen molar-refractivity contribution in [3.8, 4) is 5.69 Å². The molecule has 120 valence electrons. The van der Waals surface area contributed by atoms with E-state index in [1.54, 1.807) is 36.1 Å². The normalized spacial score (nSPS) is 20.4. The second-order valence-corrected chi connectivity index (χ2v) is 5.48. The fraction of sp³-hybridized carbons (Fsp3) is 0.333. The van der Waals surface area contributed by atoms with Crippen molar-refractivity contribution in [3.63, 3.8) is 0 Å². The molecule has 1 aromatic carbocycles. The van der Waals surface area contributed by atoms with Gasteiger partial charge in [-0.25, -0.2) is 14.5 Å². The smallest absolute Gasteiger partial charge is 0.331 e. The number of nitrogens with zero attached hydrogens (tertiary/aromatic N) is 3. The van der Waals surface area contributed by atoms with Crippen LogP contribution in [0.5, 0.6) is 0 Å². The molecule has 1 aliphatic heterocycles. The number of carbonyl (C=O) groups is 2. The number of aromatic nitrogens is 3. The Kier molecular flexibility index (Phi) is 3.83. The van der Waals surface area contributed by atoms with E-state index in [-0.39, 0.29) is 13.0 Å². The molecule has 2 aromatic rings. The number of benzene rings is 1. The van der Waals surface area contributed by atoms with Crippen molar-refractivity contribution in [2.75, 3.05) is 13.2 Å². The minimum atomic E-state index is -1.35. The van der Waals surface area contributed by atoms with Crippen LogP contribution in [0.1, 0.15) is 22.3 Å². The van der Waals surface area contributed by atoms with E-state index in [0.717, 1.165) is 11.3 Å². The van der Waals surface area contributed by atoms with Gasteiger partial charge in [0.2, 0.25) is 0 Å². The van der Waals surface area contributed by atoms with Crippen molar-refractivity contribution in [3.05, 3.63) is 42.0 Å². The Morgan fingerprint density at radius 3 is 2.83 bits per heavy atom. The van der Waals surface area contributed by atoms with E-state index in [1.807, 2.05) is 0 Å². The first-order valence-electron chi connectivity index (χ1n) is 7.11. The van der Waals surface area contributed by atoms with Gasteiger partial charge in [-0.05, 0) is 30.7 Å². The highest BCUT2D eigenvalue weighted by molar-refractivity contribution is 5.99. The van der Waals surface area contributed by atoms with Crippen LogP contribution in [-0.2, 0) is 9.53 Å². The molecule has 1 unspecified atom stereocenters. The maximum atomic E-state index is 12.5. The lowest BCUT2D eigenvalue weighted by Crippen LogP contribution is -2.55. The molecular formula is C15H16N4O4. The summed E-state index contributed by atoms with van der Waals surface area (Å²) >= 11 is 0. The fourth-order valence-electron chi connectivity index (χ4n) is 2.56. The fourth-order valence-corrected chi connectivity index (χ4v) is 2.56. The van der Waals surface area contributed by atoms with E-state index >= 15 is 0 Å². The van der Waals surface area contributed by atoms with Gasteiger partial charge in [-0.3, -0.25) is 4.79 Å². The number of carboxylic acids is 1. The molecule has 1 fully saturated rings. The molecule has 0 bridgehead atoms. The third-order valence-electron chi connectivity index (χ3n) is 3.92. The van der Waals surface area contributed by atoms with Gasteiger partial charge in [-0.1, -0.05) is 0 Å². The van der Waals surface area contributed by atoms with Crippen LogP contribution in [0, 0.1) is 6.92 Å². The Morgan fingerprint density at radius 1 is 1.43 bits per heavy atom. The van der Waals surface area contributed by atoms with Crippen LogP contribution in [-0.4, -0.2) is 50.5 Å². The first kappa shape index (κ1) is 15.2. The molecule has 2 heterocycles. The predicted octanol–water partition coefficient (Wildman–Crippen LogP) is 0.549. The van der Waals surface area contributed by atoms with E-state index in [4.69, 9.17) is 4.74 Å². The van der Waals surface area contributed by atoms with Crippen LogP contribution in [0.3, 0.4) is 0 Å². The van der Waals surface area contributed by atoms with E-state index in [1.165, 1.54) is 6.33 Å². The number of nitrogens with one attached hydrogen (secondary N) is 1. The summed E-state index contributed by atoms with van der Waals surface area (Å²) in [4.78, 5) is 27.8. The summed E-state index contributed by atoms with van der Waals surface area (Å²) in [6.07, 6.45) is 3.24. The van der Waals surface area contributed by atoms with Gasteiger partial charge >= 0.3 is 5.97 Å². The lowest BCUT2D eigenvalue weighted by atomic mass is 9.97. The van der Waals surface area contributed by atoms with E-state index < -0.39 is 17.4 Å². The minimum absolute atomic E-state index is 0.0236. The van der Waals surface area contributed by atoms with Crippen LogP contribution in [0.25, 0.3) is 5.69 Å². The van der Waals surface area contributed by atoms with Crippen LogP contribution in [0.2, 0.25) is 0 Å². The summed E-state index contributed by atoms with van der Waals surface area (Å²) in [6, 6.07) is 5.17. The molecule has 1 amide bonds. The van der Waals surface area contributed by atoms with Gasteiger partial charge in [0.05, 0.1) is 12.3 Å². The molecule has 0 radical (unpaired) electrons. The number of rotatable bonds is 4. The predicted molar refractivity (Wildman–Crippen MR) is 79.4 cm³/mol. The average Bonchev–Trinajstić information content (AvgIpc) is 3.19. The summed E-state index contributed by atoms with van der Waals surface area (Å²) in [5, 5.41) is 16.0. The first-order valence-corrected chi connectivity index (χ1v) is 7.11. The van der Waals surface area contributed by atoms with E-state index in [9.17, 15) is 14.7 Å². The van der Waals surface area contributed by atoms with E-state index in [0.29, 0.717) is 12.2 Å². The standard InChI is InChI=1S/C15H16N4O4/c1-10-6-11(19-9-16-8-17-19)2-3-12(10)13(20)18-15(14(21)22)4-5-23-7-15/h2-3,6,8-9H,4-5,7H2,1H3,(H,18,20)(H,21,22). The Balaban J connectivity index is 1.84. The van der Waals surface area contributed by atoms with Crippen LogP contribution in [0.15, 0.2) is 30.9 Å². The number of aryl methyl sites for hydroxylation is 1. The molecule has 1 aliphatic rings. The summed E-state index contributed by atoms with van der Waals surface area (Å²) in [7, 11) is 0. The third kappa shape index (κ3) is 2.80. The molecule has 23 heavy (non-hydrogen) atoms. The highest BCUT2D eigenvalue weighted by Crippen LogP contribution is 2.21. The van der Waals surface area contributed by atoms with Crippen molar-refractivity contribution in [2.24, 2.45) is 0 Å². The Bertz CT molecular complexity index is 736. The van der Waals surface area contributed by atoms with Crippen molar-refractivity contribution < 1.29 is 19.4 Å². The maximum Gasteiger partial charge on any atom is 0.331 e. The summed E-state index contributed by atoms with van der Waals surface area (Å²) < 4.78 is 6.72. The molecule has 0 spiro atoms. The largest absolute Gasteiger partial charge is 0.479 e. The number of aliphatic carboxylic acids is 1. The van der Waals surface area contributed by atoms with E-state index in [2.05, 4.69) is 15.4 Å². The summed E-state index contributed by atoms with van der Waals surface area (Å²) in [5.74, 6) is -1.51. The van der Waals surface area contributed by atoms with Gasteiger partial charge in [0.25, 0.3) is 5.91 Å². The SMILES string of the molecule is Cc1cc(-n2cncn2)ccc1C(=O)NC1(C(=O)O)CCOC1. The molecule has 8 nitrogen and oxygen atoms in total.